The van der Waals surface area contributed by atoms with Gasteiger partial charge in [0.05, 0.1) is 5.41 Å². The average Bonchev–Trinajstić information content (AvgIpc) is 3.01. The largest absolute Gasteiger partial charge is 0.381 e. The molecule has 3 N–H and O–H groups in total. The topological polar surface area (TPSA) is 69.3 Å². The van der Waals surface area contributed by atoms with Gasteiger partial charge in [-0.3, -0.25) is 4.79 Å². The maximum atomic E-state index is 12.9. The zero-order valence-electron chi connectivity index (χ0n) is 15.5. The highest BCUT2D eigenvalue weighted by molar-refractivity contribution is 6.10. The van der Waals surface area contributed by atoms with E-state index in [0.29, 0.717) is 32.6 Å². The number of ether oxygens (including phenoxy) is 1. The highest BCUT2D eigenvalue weighted by Gasteiger charge is 2.38. The lowest BCUT2D eigenvalue weighted by molar-refractivity contribution is -0.130. The number of nitrogens with one attached hydrogen (secondary N) is 1. The molecule has 2 heterocycles. The molecule has 0 spiro atoms. The Morgan fingerprint density at radius 2 is 1.85 bits per heavy atom. The van der Waals surface area contributed by atoms with Crippen LogP contribution >= 0.6 is 12.4 Å². The molecule has 1 aliphatic heterocycles. The van der Waals surface area contributed by atoms with E-state index in [1.54, 1.807) is 0 Å². The number of para-hydroxylation sites is 1. The first-order chi connectivity index (χ1) is 12.7. The molecular weight excluding hydrogens is 362 g/mol. The summed E-state index contributed by atoms with van der Waals surface area (Å²) in [6.07, 6.45) is 1.35. The second kappa shape index (κ2) is 7.89. The molecule has 4 rings (SSSR count). The van der Waals surface area contributed by atoms with E-state index in [2.05, 4.69) is 53.2 Å². The molecule has 0 bridgehead atoms. The standard InChI is InChI=1S/C21H25N3O2.ClH/c1-2-24-18-6-4-3-5-16(18)17-13-15(7-8-19(17)24)23-20(25)21(14-22)9-11-26-12-10-21;/h3-8,13H,2,9-12,14,22H2,1H3,(H,23,25);1H. The van der Waals surface area contributed by atoms with Gasteiger partial charge in [-0.25, -0.2) is 0 Å². The van der Waals surface area contributed by atoms with E-state index in [1.807, 2.05) is 6.07 Å². The van der Waals surface area contributed by atoms with Crippen LogP contribution in [0.1, 0.15) is 19.8 Å². The summed E-state index contributed by atoms with van der Waals surface area (Å²) in [6.45, 7) is 4.59. The Kier molecular flexibility index (Phi) is 5.75. The van der Waals surface area contributed by atoms with Crippen LogP contribution in [0.2, 0.25) is 0 Å². The fourth-order valence-electron chi connectivity index (χ4n) is 4.02. The summed E-state index contributed by atoms with van der Waals surface area (Å²) in [7, 11) is 0. The summed E-state index contributed by atoms with van der Waals surface area (Å²) in [5, 5.41) is 5.47. The van der Waals surface area contributed by atoms with Crippen molar-refractivity contribution in [3.8, 4) is 0 Å². The number of rotatable bonds is 4. The lowest BCUT2D eigenvalue weighted by Crippen LogP contribution is -2.46. The molecule has 27 heavy (non-hydrogen) atoms. The third-order valence-corrected chi connectivity index (χ3v) is 5.67. The first-order valence-electron chi connectivity index (χ1n) is 9.29. The van der Waals surface area contributed by atoms with Crippen LogP contribution in [0, 0.1) is 5.41 Å². The second-order valence-electron chi connectivity index (χ2n) is 7.04. The van der Waals surface area contributed by atoms with Crippen LogP contribution in [0.4, 0.5) is 5.69 Å². The van der Waals surface area contributed by atoms with Crippen LogP contribution in [0.25, 0.3) is 21.8 Å². The smallest absolute Gasteiger partial charge is 0.232 e. The molecule has 3 aromatic rings. The molecule has 1 aliphatic rings. The van der Waals surface area contributed by atoms with Crippen LogP contribution in [0.15, 0.2) is 42.5 Å². The van der Waals surface area contributed by atoms with Gasteiger partial charge < -0.3 is 20.4 Å². The van der Waals surface area contributed by atoms with Gasteiger partial charge in [-0.1, -0.05) is 18.2 Å². The van der Waals surface area contributed by atoms with Gasteiger partial charge in [-0.2, -0.15) is 0 Å². The first kappa shape index (κ1) is 19.7. The molecule has 1 aromatic heterocycles. The fraction of sp³-hybridized carbons (Fsp3) is 0.381. The van der Waals surface area contributed by atoms with E-state index < -0.39 is 5.41 Å². The molecule has 0 radical (unpaired) electrons. The Morgan fingerprint density at radius 3 is 2.56 bits per heavy atom. The van der Waals surface area contributed by atoms with Crippen molar-refractivity contribution < 1.29 is 9.53 Å². The van der Waals surface area contributed by atoms with Gasteiger partial charge in [0.15, 0.2) is 0 Å². The molecule has 2 aromatic carbocycles. The zero-order chi connectivity index (χ0) is 18.1. The maximum Gasteiger partial charge on any atom is 0.232 e. The Hall–Kier alpha value is -2.08. The molecule has 0 unspecified atom stereocenters. The van der Waals surface area contributed by atoms with Gasteiger partial charge in [0.2, 0.25) is 5.91 Å². The van der Waals surface area contributed by atoms with Crippen molar-refractivity contribution in [2.24, 2.45) is 11.1 Å². The highest BCUT2D eigenvalue weighted by Crippen LogP contribution is 2.33. The van der Waals surface area contributed by atoms with Crippen molar-refractivity contribution in [1.29, 1.82) is 0 Å². The Bertz CT molecular complexity index is 961. The average molecular weight is 388 g/mol. The fourth-order valence-corrected chi connectivity index (χ4v) is 4.02. The second-order valence-corrected chi connectivity index (χ2v) is 7.04. The van der Waals surface area contributed by atoms with E-state index in [-0.39, 0.29) is 18.3 Å². The number of nitrogens with zero attached hydrogens (tertiary/aromatic N) is 1. The predicted octanol–water partition coefficient (Wildman–Crippen LogP) is 3.93. The minimum atomic E-state index is -0.523. The van der Waals surface area contributed by atoms with Crippen molar-refractivity contribution in [2.75, 3.05) is 25.1 Å². The normalized spacial score (nSPS) is 16.2. The third kappa shape index (κ3) is 3.31. The molecule has 0 atom stereocenters. The van der Waals surface area contributed by atoms with Gasteiger partial charge in [0, 0.05) is 53.8 Å². The summed E-state index contributed by atoms with van der Waals surface area (Å²) in [6, 6.07) is 14.5. The summed E-state index contributed by atoms with van der Waals surface area (Å²) in [5.41, 5.74) is 8.66. The molecule has 1 saturated heterocycles. The molecule has 5 nitrogen and oxygen atoms in total. The molecule has 0 saturated carbocycles. The van der Waals surface area contributed by atoms with Crippen molar-refractivity contribution in [2.45, 2.75) is 26.3 Å². The summed E-state index contributed by atoms with van der Waals surface area (Å²) in [5.74, 6) is 0.00174. The predicted molar refractivity (Wildman–Crippen MR) is 113 cm³/mol. The van der Waals surface area contributed by atoms with E-state index >= 15 is 0 Å². The number of fused-ring (bicyclic) bond motifs is 3. The minimum absolute atomic E-state index is 0. The summed E-state index contributed by atoms with van der Waals surface area (Å²) >= 11 is 0. The summed E-state index contributed by atoms with van der Waals surface area (Å²) in [4.78, 5) is 12.9. The monoisotopic (exact) mass is 387 g/mol. The van der Waals surface area contributed by atoms with Gasteiger partial charge in [0.25, 0.3) is 0 Å². The van der Waals surface area contributed by atoms with Crippen molar-refractivity contribution in [3.63, 3.8) is 0 Å². The van der Waals surface area contributed by atoms with Crippen molar-refractivity contribution >= 4 is 45.8 Å². The number of halogens is 1. The number of hydrogen-bond donors (Lipinski definition) is 2. The number of anilines is 1. The molecule has 6 heteroatoms. The molecular formula is C21H26ClN3O2. The zero-order valence-corrected chi connectivity index (χ0v) is 16.3. The number of benzene rings is 2. The van der Waals surface area contributed by atoms with Crippen LogP contribution in [-0.4, -0.2) is 30.2 Å². The SMILES string of the molecule is CCn1c2ccccc2c2cc(NC(=O)C3(CN)CCOCC3)ccc21.Cl. The van der Waals surface area contributed by atoms with E-state index in [1.165, 1.54) is 16.4 Å². The van der Waals surface area contributed by atoms with E-state index in [0.717, 1.165) is 17.6 Å². The van der Waals surface area contributed by atoms with E-state index in [4.69, 9.17) is 10.5 Å². The van der Waals surface area contributed by atoms with Crippen LogP contribution < -0.4 is 11.1 Å². The van der Waals surface area contributed by atoms with Crippen LogP contribution in [-0.2, 0) is 16.1 Å². The van der Waals surface area contributed by atoms with Crippen molar-refractivity contribution in [3.05, 3.63) is 42.5 Å². The highest BCUT2D eigenvalue weighted by atomic mass is 35.5. The number of aryl methyl sites for hydroxylation is 1. The number of amides is 1. The van der Waals surface area contributed by atoms with Gasteiger partial charge in [-0.15, -0.1) is 12.4 Å². The van der Waals surface area contributed by atoms with Gasteiger partial charge >= 0.3 is 0 Å². The lowest BCUT2D eigenvalue weighted by atomic mass is 9.79. The lowest BCUT2D eigenvalue weighted by Gasteiger charge is -2.34. The molecule has 1 fully saturated rings. The molecule has 1 amide bonds. The number of aromatic nitrogens is 1. The number of carbonyl (C=O) groups is 1. The Balaban J connectivity index is 0.00000210. The third-order valence-electron chi connectivity index (χ3n) is 5.67. The van der Waals surface area contributed by atoms with Crippen LogP contribution in [0.5, 0.6) is 0 Å². The Labute approximate surface area is 165 Å². The Morgan fingerprint density at radius 1 is 1.15 bits per heavy atom. The quantitative estimate of drug-likeness (QED) is 0.712. The van der Waals surface area contributed by atoms with Crippen molar-refractivity contribution in [1.82, 2.24) is 4.57 Å². The van der Waals surface area contributed by atoms with Gasteiger partial charge in [-0.05, 0) is 44.0 Å². The minimum Gasteiger partial charge on any atom is -0.381 e. The first-order valence-corrected chi connectivity index (χ1v) is 9.29. The molecule has 144 valence electrons. The molecule has 0 aliphatic carbocycles. The van der Waals surface area contributed by atoms with E-state index in [9.17, 15) is 4.79 Å². The maximum absolute atomic E-state index is 12.9. The summed E-state index contributed by atoms with van der Waals surface area (Å²) < 4.78 is 7.71. The van der Waals surface area contributed by atoms with Crippen LogP contribution in [0.3, 0.4) is 0 Å². The number of hydrogen-bond acceptors (Lipinski definition) is 3. The number of carbonyl (C=O) groups excluding carboxylic acids is 1. The van der Waals surface area contributed by atoms with Gasteiger partial charge in [0.1, 0.15) is 0 Å². The number of nitrogens with two attached hydrogens (primary N) is 1.